The van der Waals surface area contributed by atoms with Crippen molar-refractivity contribution in [1.82, 2.24) is 9.88 Å². The quantitative estimate of drug-likeness (QED) is 0.769. The highest BCUT2D eigenvalue weighted by molar-refractivity contribution is 8.01. The Hall–Kier alpha value is -2.06. The lowest BCUT2D eigenvalue weighted by Gasteiger charge is -2.29. The van der Waals surface area contributed by atoms with Crippen molar-refractivity contribution in [2.45, 2.75) is 44.0 Å². The van der Waals surface area contributed by atoms with E-state index in [-0.39, 0.29) is 16.7 Å². The molecule has 1 N–H and O–H groups in total. The van der Waals surface area contributed by atoms with E-state index in [1.807, 2.05) is 36.6 Å². The molecule has 0 unspecified atom stereocenters. The first-order valence-corrected chi connectivity index (χ1v) is 11.3. The molecule has 2 aliphatic rings. The molecule has 148 valence electrons. The van der Waals surface area contributed by atoms with Gasteiger partial charge in [0.15, 0.2) is 5.13 Å². The molecule has 3 heterocycles. The van der Waals surface area contributed by atoms with Gasteiger partial charge in [-0.05, 0) is 44.0 Å². The molecule has 1 aromatic heterocycles. The fraction of sp³-hybridized carbons (Fsp3) is 0.450. The van der Waals surface area contributed by atoms with Gasteiger partial charge in [0.05, 0.1) is 17.2 Å². The SMILES string of the molecule is CCCOc1ccc(-c2csc(NC(=O)[C@H]3CS[C@]4(C)CCC(=O)N34)n2)cc1. The number of hydrogen-bond acceptors (Lipinski definition) is 6. The first kappa shape index (κ1) is 19.3. The van der Waals surface area contributed by atoms with Gasteiger partial charge in [-0.1, -0.05) is 6.92 Å². The molecule has 8 heteroatoms. The Balaban J connectivity index is 1.42. The van der Waals surface area contributed by atoms with Crippen LogP contribution in [0.1, 0.15) is 33.1 Å². The minimum absolute atomic E-state index is 0.0675. The molecule has 2 aliphatic heterocycles. The summed E-state index contributed by atoms with van der Waals surface area (Å²) in [6.07, 6.45) is 2.30. The Kier molecular flexibility index (Phi) is 5.33. The van der Waals surface area contributed by atoms with Crippen molar-refractivity contribution >= 4 is 40.0 Å². The lowest BCUT2D eigenvalue weighted by Crippen LogP contribution is -2.48. The van der Waals surface area contributed by atoms with E-state index in [1.54, 1.807) is 16.7 Å². The third-order valence-electron chi connectivity index (χ3n) is 5.10. The van der Waals surface area contributed by atoms with E-state index in [1.165, 1.54) is 11.3 Å². The topological polar surface area (TPSA) is 71.5 Å². The molecule has 2 fully saturated rings. The number of thioether (sulfide) groups is 1. The van der Waals surface area contributed by atoms with Crippen LogP contribution in [0.4, 0.5) is 5.13 Å². The summed E-state index contributed by atoms with van der Waals surface area (Å²) in [6, 6.07) is 7.37. The van der Waals surface area contributed by atoms with Crippen LogP contribution in [-0.2, 0) is 9.59 Å². The second-order valence-electron chi connectivity index (χ2n) is 7.17. The summed E-state index contributed by atoms with van der Waals surface area (Å²) in [6.45, 7) is 4.82. The molecule has 2 saturated heterocycles. The molecule has 2 amide bonds. The molecule has 1 aromatic carbocycles. The average molecular weight is 418 g/mol. The molecule has 28 heavy (non-hydrogen) atoms. The summed E-state index contributed by atoms with van der Waals surface area (Å²) < 4.78 is 5.60. The number of ether oxygens (including phenoxy) is 1. The van der Waals surface area contributed by atoms with E-state index in [4.69, 9.17) is 4.74 Å². The lowest BCUT2D eigenvalue weighted by molar-refractivity contribution is -0.135. The van der Waals surface area contributed by atoms with E-state index in [2.05, 4.69) is 17.2 Å². The Labute approximate surface area is 172 Å². The van der Waals surface area contributed by atoms with Gasteiger partial charge >= 0.3 is 0 Å². The number of aromatic nitrogens is 1. The Morgan fingerprint density at radius 3 is 2.93 bits per heavy atom. The largest absolute Gasteiger partial charge is 0.494 e. The molecule has 0 spiro atoms. The number of nitrogens with one attached hydrogen (secondary N) is 1. The molecular formula is C20H23N3O3S2. The predicted octanol–water partition coefficient (Wildman–Crippen LogP) is 3.99. The zero-order chi connectivity index (χ0) is 19.7. The molecule has 0 saturated carbocycles. The number of hydrogen-bond donors (Lipinski definition) is 1. The second kappa shape index (κ2) is 7.75. The highest BCUT2D eigenvalue weighted by Gasteiger charge is 2.52. The van der Waals surface area contributed by atoms with Crippen LogP contribution >= 0.6 is 23.1 Å². The van der Waals surface area contributed by atoms with Gasteiger partial charge < -0.3 is 15.0 Å². The summed E-state index contributed by atoms with van der Waals surface area (Å²) in [4.78, 5) is 31.0. The van der Waals surface area contributed by atoms with Crippen molar-refractivity contribution < 1.29 is 14.3 Å². The van der Waals surface area contributed by atoms with E-state index in [9.17, 15) is 9.59 Å². The normalized spacial score (nSPS) is 23.7. The number of carbonyl (C=O) groups excluding carboxylic acids is 2. The molecule has 4 rings (SSSR count). The Morgan fingerprint density at radius 1 is 1.39 bits per heavy atom. The fourth-order valence-electron chi connectivity index (χ4n) is 3.61. The highest BCUT2D eigenvalue weighted by Crippen LogP contribution is 2.47. The van der Waals surface area contributed by atoms with Gasteiger partial charge in [-0.2, -0.15) is 0 Å². The number of thiazole rings is 1. The maximum absolute atomic E-state index is 12.8. The van der Waals surface area contributed by atoms with Crippen molar-refractivity contribution in [3.05, 3.63) is 29.6 Å². The van der Waals surface area contributed by atoms with E-state index >= 15 is 0 Å². The number of anilines is 1. The van der Waals surface area contributed by atoms with Gasteiger partial charge in [-0.25, -0.2) is 4.98 Å². The smallest absolute Gasteiger partial charge is 0.249 e. The Morgan fingerprint density at radius 2 is 2.18 bits per heavy atom. The number of fused-ring (bicyclic) bond motifs is 1. The Bertz CT molecular complexity index is 883. The minimum atomic E-state index is -0.424. The van der Waals surface area contributed by atoms with Crippen LogP contribution in [0.25, 0.3) is 11.3 Å². The fourth-order valence-corrected chi connectivity index (χ4v) is 5.76. The number of nitrogens with zero attached hydrogens (tertiary/aromatic N) is 2. The first-order valence-electron chi connectivity index (χ1n) is 9.46. The van der Waals surface area contributed by atoms with Gasteiger partial charge in [0.25, 0.3) is 0 Å². The van der Waals surface area contributed by atoms with E-state index in [0.29, 0.717) is 23.9 Å². The van der Waals surface area contributed by atoms with Crippen molar-refractivity contribution in [3.63, 3.8) is 0 Å². The maximum atomic E-state index is 12.8. The van der Waals surface area contributed by atoms with Crippen molar-refractivity contribution in [1.29, 1.82) is 0 Å². The molecule has 2 atom stereocenters. The third-order valence-corrected chi connectivity index (χ3v) is 7.37. The monoisotopic (exact) mass is 417 g/mol. The maximum Gasteiger partial charge on any atom is 0.249 e. The summed E-state index contributed by atoms with van der Waals surface area (Å²) in [7, 11) is 0. The summed E-state index contributed by atoms with van der Waals surface area (Å²) in [5.74, 6) is 1.38. The predicted molar refractivity (Wildman–Crippen MR) is 113 cm³/mol. The summed E-state index contributed by atoms with van der Waals surface area (Å²) in [5.41, 5.74) is 1.78. The highest BCUT2D eigenvalue weighted by atomic mass is 32.2. The van der Waals surface area contributed by atoms with Gasteiger partial charge in [-0.3, -0.25) is 9.59 Å². The van der Waals surface area contributed by atoms with Gasteiger partial charge in [0.2, 0.25) is 11.8 Å². The van der Waals surface area contributed by atoms with Crippen LogP contribution in [0.15, 0.2) is 29.6 Å². The number of benzene rings is 1. The number of rotatable bonds is 6. The summed E-state index contributed by atoms with van der Waals surface area (Å²) >= 11 is 3.08. The molecular weight excluding hydrogens is 394 g/mol. The molecule has 0 bridgehead atoms. The van der Waals surface area contributed by atoms with Crippen molar-refractivity contribution in [2.24, 2.45) is 0 Å². The van der Waals surface area contributed by atoms with Crippen molar-refractivity contribution in [2.75, 3.05) is 17.7 Å². The third kappa shape index (κ3) is 3.63. The zero-order valence-corrected chi connectivity index (χ0v) is 17.6. The lowest BCUT2D eigenvalue weighted by atomic mass is 10.2. The van der Waals surface area contributed by atoms with Gasteiger partial charge in [-0.15, -0.1) is 23.1 Å². The van der Waals surface area contributed by atoms with Crippen LogP contribution in [-0.4, -0.2) is 45.0 Å². The standard InChI is InChI=1S/C20H23N3O3S2/c1-3-10-26-14-6-4-13(5-7-14)15-11-27-19(21-15)22-18(25)16-12-28-20(2)9-8-17(24)23(16)20/h4-7,11,16H,3,8-10,12H2,1-2H3,(H,21,22,25)/t16-,20-/m1/s1. The van der Waals surface area contributed by atoms with Crippen LogP contribution in [0.3, 0.4) is 0 Å². The van der Waals surface area contributed by atoms with Gasteiger partial charge in [0.1, 0.15) is 11.8 Å². The molecule has 2 aromatic rings. The molecule has 0 radical (unpaired) electrons. The number of amides is 2. The van der Waals surface area contributed by atoms with Crippen LogP contribution < -0.4 is 10.1 Å². The van der Waals surface area contributed by atoms with Crippen LogP contribution in [0.2, 0.25) is 0 Å². The number of carbonyl (C=O) groups is 2. The first-order chi connectivity index (χ1) is 13.5. The molecule has 6 nitrogen and oxygen atoms in total. The van der Waals surface area contributed by atoms with Crippen molar-refractivity contribution in [3.8, 4) is 17.0 Å². The summed E-state index contributed by atoms with van der Waals surface area (Å²) in [5, 5.41) is 5.38. The van der Waals surface area contributed by atoms with E-state index in [0.717, 1.165) is 29.8 Å². The van der Waals surface area contributed by atoms with Crippen LogP contribution in [0, 0.1) is 0 Å². The molecule has 0 aliphatic carbocycles. The van der Waals surface area contributed by atoms with Gasteiger partial charge in [0, 0.05) is 23.1 Å². The van der Waals surface area contributed by atoms with E-state index < -0.39 is 6.04 Å². The minimum Gasteiger partial charge on any atom is -0.494 e. The zero-order valence-electron chi connectivity index (χ0n) is 15.9. The second-order valence-corrected chi connectivity index (χ2v) is 9.53. The average Bonchev–Trinajstić information content (AvgIpc) is 3.36. The van der Waals surface area contributed by atoms with Crippen LogP contribution in [0.5, 0.6) is 5.75 Å².